The van der Waals surface area contributed by atoms with E-state index in [4.69, 9.17) is 25.8 Å². The van der Waals surface area contributed by atoms with Gasteiger partial charge in [0, 0.05) is 29.3 Å². The second kappa shape index (κ2) is 8.29. The molecule has 34 heavy (non-hydrogen) atoms. The van der Waals surface area contributed by atoms with Crippen LogP contribution in [0.5, 0.6) is 17.2 Å². The van der Waals surface area contributed by atoms with Crippen LogP contribution in [0.2, 0.25) is 5.02 Å². The molecule has 6 rings (SSSR count). The largest absolute Gasteiger partial charge is 0.497 e. The number of ether oxygens (including phenoxy) is 3. The van der Waals surface area contributed by atoms with Crippen molar-refractivity contribution in [2.75, 3.05) is 24.5 Å². The maximum atomic E-state index is 13.7. The summed E-state index contributed by atoms with van der Waals surface area (Å²) in [6.45, 7) is 0.159. The lowest BCUT2D eigenvalue weighted by molar-refractivity contribution is -0.116. The number of fused-ring (bicyclic) bond motifs is 2. The van der Waals surface area contributed by atoms with Gasteiger partial charge in [0.15, 0.2) is 17.3 Å². The Labute approximate surface area is 202 Å². The normalized spacial score (nSPS) is 20.6. The summed E-state index contributed by atoms with van der Waals surface area (Å²) in [6.07, 6.45) is 1.10. The van der Waals surface area contributed by atoms with Gasteiger partial charge in [0.25, 0.3) is 0 Å². The highest BCUT2D eigenvalue weighted by Crippen LogP contribution is 2.47. The van der Waals surface area contributed by atoms with Gasteiger partial charge >= 0.3 is 0 Å². The van der Waals surface area contributed by atoms with Gasteiger partial charge in [0.1, 0.15) is 5.75 Å². The summed E-state index contributed by atoms with van der Waals surface area (Å²) in [5, 5.41) is 7.65. The highest BCUT2D eigenvalue weighted by Gasteiger charge is 2.37. The Morgan fingerprint density at radius 2 is 1.76 bits per heavy atom. The Morgan fingerprint density at radius 3 is 2.59 bits per heavy atom. The van der Waals surface area contributed by atoms with Crippen molar-refractivity contribution in [3.63, 3.8) is 0 Å². The summed E-state index contributed by atoms with van der Waals surface area (Å²) >= 11 is 6.71. The van der Waals surface area contributed by atoms with Gasteiger partial charge in [-0.25, -0.2) is 0 Å². The van der Waals surface area contributed by atoms with Gasteiger partial charge in [-0.3, -0.25) is 4.79 Å². The average molecular weight is 475 g/mol. The Morgan fingerprint density at radius 1 is 0.971 bits per heavy atom. The molecule has 6 nitrogen and oxygen atoms in total. The minimum Gasteiger partial charge on any atom is -0.497 e. The van der Waals surface area contributed by atoms with Crippen LogP contribution in [-0.4, -0.2) is 19.7 Å². The maximum absolute atomic E-state index is 13.7. The number of Topliss-reactive ketones (excluding diaryl/α,β-unsaturated/α-hetero) is 1. The zero-order valence-electron chi connectivity index (χ0n) is 18.6. The molecule has 0 fully saturated rings. The molecule has 3 aromatic rings. The number of methoxy groups -OCH3 is 1. The molecule has 0 saturated carbocycles. The zero-order chi connectivity index (χ0) is 23.2. The van der Waals surface area contributed by atoms with E-state index in [9.17, 15) is 4.79 Å². The number of hydrogen-bond donors (Lipinski definition) is 2. The van der Waals surface area contributed by atoms with E-state index in [1.807, 2.05) is 48.5 Å². The lowest BCUT2D eigenvalue weighted by Gasteiger charge is -2.30. The van der Waals surface area contributed by atoms with Crippen molar-refractivity contribution < 1.29 is 19.0 Å². The number of carbonyl (C=O) groups is 1. The fourth-order valence-electron chi connectivity index (χ4n) is 5.01. The van der Waals surface area contributed by atoms with Crippen LogP contribution in [0, 0.1) is 0 Å². The number of nitrogens with one attached hydrogen (secondary N) is 2. The summed E-state index contributed by atoms with van der Waals surface area (Å²) in [6, 6.07) is 19.1. The number of halogens is 1. The predicted molar refractivity (Wildman–Crippen MR) is 131 cm³/mol. The van der Waals surface area contributed by atoms with Crippen LogP contribution in [0.3, 0.4) is 0 Å². The Kier molecular flexibility index (Phi) is 5.11. The Balaban J connectivity index is 1.47. The van der Waals surface area contributed by atoms with E-state index in [1.54, 1.807) is 13.2 Å². The third-order valence-electron chi connectivity index (χ3n) is 6.68. The Bertz CT molecular complexity index is 1340. The van der Waals surface area contributed by atoms with Gasteiger partial charge in [-0.2, -0.15) is 0 Å². The molecule has 2 heterocycles. The van der Waals surface area contributed by atoms with Crippen molar-refractivity contribution in [3.8, 4) is 17.2 Å². The van der Waals surface area contributed by atoms with Crippen LogP contribution in [-0.2, 0) is 4.79 Å². The smallest absolute Gasteiger partial charge is 0.231 e. The minimum absolute atomic E-state index is 0.0481. The summed E-state index contributed by atoms with van der Waals surface area (Å²) in [7, 11) is 1.65. The Hall–Kier alpha value is -3.64. The van der Waals surface area contributed by atoms with Crippen molar-refractivity contribution in [3.05, 3.63) is 88.1 Å². The van der Waals surface area contributed by atoms with E-state index < -0.39 is 6.04 Å². The van der Waals surface area contributed by atoms with Crippen molar-refractivity contribution in [1.29, 1.82) is 0 Å². The topological polar surface area (TPSA) is 68.8 Å². The van der Waals surface area contributed by atoms with Crippen LogP contribution in [0.1, 0.15) is 35.9 Å². The van der Waals surface area contributed by atoms with Crippen molar-refractivity contribution >= 4 is 28.8 Å². The SMILES string of the molecule is COc1cccc(C2CC(=O)C3=C(C2)Nc2ccccc2NC3c2cc3c(cc2Cl)OCO3)c1. The third kappa shape index (κ3) is 3.55. The number of allylic oxidation sites excluding steroid dienone is 1. The fourth-order valence-corrected chi connectivity index (χ4v) is 5.27. The molecule has 2 atom stereocenters. The number of carbonyl (C=O) groups excluding carboxylic acids is 1. The molecule has 0 saturated heterocycles. The van der Waals surface area contributed by atoms with Crippen LogP contribution >= 0.6 is 11.6 Å². The van der Waals surface area contributed by atoms with E-state index in [1.165, 1.54) is 0 Å². The quantitative estimate of drug-likeness (QED) is 0.481. The van der Waals surface area contributed by atoms with Crippen LogP contribution < -0.4 is 24.8 Å². The lowest BCUT2D eigenvalue weighted by Crippen LogP contribution is -2.27. The standard InChI is InChI=1S/C27H23ClN2O4/c1-32-17-6-4-5-15(9-17)16-10-22-26(23(31)11-16)27(30-21-8-3-2-7-20(21)29-22)18-12-24-25(13-19(18)28)34-14-33-24/h2-9,12-13,16,27,29-30H,10-11,14H2,1H3. The monoisotopic (exact) mass is 474 g/mol. The molecule has 7 heteroatoms. The molecule has 2 aliphatic heterocycles. The summed E-state index contributed by atoms with van der Waals surface area (Å²) in [4.78, 5) is 13.7. The van der Waals surface area contributed by atoms with E-state index in [0.29, 0.717) is 34.9 Å². The fraction of sp³-hybridized carbons (Fsp3) is 0.222. The second-order valence-electron chi connectivity index (χ2n) is 8.67. The molecule has 2 N–H and O–H groups in total. The molecule has 3 aromatic carbocycles. The molecule has 0 radical (unpaired) electrons. The van der Waals surface area contributed by atoms with Gasteiger partial charge in [-0.15, -0.1) is 0 Å². The van der Waals surface area contributed by atoms with Gasteiger partial charge < -0.3 is 24.8 Å². The molecule has 2 unspecified atom stereocenters. The third-order valence-corrected chi connectivity index (χ3v) is 7.00. The number of para-hydroxylation sites is 2. The first-order valence-electron chi connectivity index (χ1n) is 11.2. The van der Waals surface area contributed by atoms with Crippen LogP contribution in [0.15, 0.2) is 71.9 Å². The molecule has 0 amide bonds. The molecule has 1 aliphatic carbocycles. The van der Waals surface area contributed by atoms with Gasteiger partial charge in [-0.1, -0.05) is 35.9 Å². The van der Waals surface area contributed by atoms with Crippen molar-refractivity contribution in [1.82, 2.24) is 0 Å². The maximum Gasteiger partial charge on any atom is 0.231 e. The van der Waals surface area contributed by atoms with Gasteiger partial charge in [-0.05, 0) is 48.2 Å². The van der Waals surface area contributed by atoms with E-state index in [0.717, 1.165) is 33.9 Å². The molecule has 0 bridgehead atoms. The molecular formula is C27H23ClN2O4. The molecule has 3 aliphatic rings. The molecule has 0 aromatic heterocycles. The number of ketones is 1. The van der Waals surface area contributed by atoms with E-state index in [-0.39, 0.29) is 18.5 Å². The first kappa shape index (κ1) is 20.9. The average Bonchev–Trinajstić information content (AvgIpc) is 3.23. The highest BCUT2D eigenvalue weighted by molar-refractivity contribution is 6.31. The van der Waals surface area contributed by atoms with Crippen molar-refractivity contribution in [2.24, 2.45) is 0 Å². The van der Waals surface area contributed by atoms with Crippen LogP contribution in [0.25, 0.3) is 0 Å². The van der Waals surface area contributed by atoms with Crippen molar-refractivity contribution in [2.45, 2.75) is 24.8 Å². The summed E-state index contributed by atoms with van der Waals surface area (Å²) < 4.78 is 16.5. The highest BCUT2D eigenvalue weighted by atomic mass is 35.5. The first-order chi connectivity index (χ1) is 16.6. The molecular weight excluding hydrogens is 452 g/mol. The van der Waals surface area contributed by atoms with E-state index >= 15 is 0 Å². The predicted octanol–water partition coefficient (Wildman–Crippen LogP) is 6.06. The number of rotatable bonds is 3. The van der Waals surface area contributed by atoms with Gasteiger partial charge in [0.05, 0.1) is 29.5 Å². The minimum atomic E-state index is -0.424. The zero-order valence-corrected chi connectivity index (χ0v) is 19.3. The molecule has 172 valence electrons. The van der Waals surface area contributed by atoms with E-state index in [2.05, 4.69) is 16.7 Å². The second-order valence-corrected chi connectivity index (χ2v) is 9.08. The molecule has 0 spiro atoms. The number of benzene rings is 3. The summed E-state index contributed by atoms with van der Waals surface area (Å²) in [5.74, 6) is 2.16. The van der Waals surface area contributed by atoms with Crippen LogP contribution in [0.4, 0.5) is 11.4 Å². The number of anilines is 2. The first-order valence-corrected chi connectivity index (χ1v) is 11.6. The number of hydrogen-bond acceptors (Lipinski definition) is 6. The van der Waals surface area contributed by atoms with Gasteiger partial charge in [0.2, 0.25) is 6.79 Å². The summed E-state index contributed by atoms with van der Waals surface area (Å²) in [5.41, 5.74) is 5.31. The lowest BCUT2D eigenvalue weighted by atomic mass is 9.78.